The Morgan fingerprint density at radius 3 is 2.71 bits per heavy atom. The van der Waals surface area contributed by atoms with E-state index < -0.39 is 0 Å². The van der Waals surface area contributed by atoms with Gasteiger partial charge < -0.3 is 10.6 Å². The number of hydrogen-bond acceptors (Lipinski definition) is 3. The molecule has 1 aliphatic carbocycles. The second-order valence-corrected chi connectivity index (χ2v) is 6.45. The number of nitrogens with two attached hydrogens (primary N) is 1. The van der Waals surface area contributed by atoms with Gasteiger partial charge in [0.05, 0.1) is 0 Å². The Kier molecular flexibility index (Phi) is 4.45. The third kappa shape index (κ3) is 3.21. The summed E-state index contributed by atoms with van der Waals surface area (Å²) >= 11 is 0. The topological polar surface area (TPSA) is 32.5 Å². The van der Waals surface area contributed by atoms with Gasteiger partial charge in [-0.15, -0.1) is 0 Å². The van der Waals surface area contributed by atoms with Crippen molar-refractivity contribution in [2.45, 2.75) is 57.2 Å². The predicted octanol–water partition coefficient (Wildman–Crippen LogP) is 1.53. The first kappa shape index (κ1) is 13.3. The quantitative estimate of drug-likeness (QED) is 0.810. The Balaban J connectivity index is 1.98. The van der Waals surface area contributed by atoms with Crippen LogP contribution >= 0.6 is 0 Å². The zero-order valence-electron chi connectivity index (χ0n) is 11.7. The van der Waals surface area contributed by atoms with Gasteiger partial charge in [0.2, 0.25) is 0 Å². The van der Waals surface area contributed by atoms with Crippen LogP contribution in [-0.4, -0.2) is 55.1 Å². The van der Waals surface area contributed by atoms with E-state index in [1.165, 1.54) is 45.2 Å². The van der Waals surface area contributed by atoms with Gasteiger partial charge in [-0.1, -0.05) is 6.92 Å². The number of likely N-dealkylation sites (N-methyl/N-ethyl adjacent to an activating group) is 1. The van der Waals surface area contributed by atoms with E-state index >= 15 is 0 Å². The Morgan fingerprint density at radius 1 is 1.24 bits per heavy atom. The number of nitrogens with zero attached hydrogens (tertiary/aromatic N) is 2. The van der Waals surface area contributed by atoms with Crippen molar-refractivity contribution in [3.8, 4) is 0 Å². The molecule has 4 atom stereocenters. The molecule has 2 fully saturated rings. The van der Waals surface area contributed by atoms with E-state index in [2.05, 4.69) is 30.8 Å². The van der Waals surface area contributed by atoms with E-state index in [1.807, 2.05) is 0 Å². The predicted molar refractivity (Wildman–Crippen MR) is 73.1 cm³/mol. The first-order chi connectivity index (χ1) is 8.08. The van der Waals surface area contributed by atoms with E-state index in [4.69, 9.17) is 5.73 Å². The van der Waals surface area contributed by atoms with Crippen molar-refractivity contribution in [3.05, 3.63) is 0 Å². The van der Waals surface area contributed by atoms with Crippen LogP contribution in [0.4, 0.5) is 0 Å². The van der Waals surface area contributed by atoms with Crippen LogP contribution in [0.1, 0.15) is 39.0 Å². The number of likely N-dealkylation sites (tertiary alicyclic amines) is 1. The molecule has 0 spiro atoms. The summed E-state index contributed by atoms with van der Waals surface area (Å²) in [5, 5.41) is 0. The molecular weight excluding hydrogens is 210 g/mol. The molecule has 3 heteroatoms. The van der Waals surface area contributed by atoms with Crippen LogP contribution in [0.5, 0.6) is 0 Å². The van der Waals surface area contributed by atoms with Gasteiger partial charge in [-0.05, 0) is 58.7 Å². The highest BCUT2D eigenvalue weighted by atomic mass is 15.3. The lowest BCUT2D eigenvalue weighted by Crippen LogP contribution is -2.54. The smallest absolute Gasteiger partial charge is 0.0253 e. The normalized spacial score (nSPS) is 40.1. The summed E-state index contributed by atoms with van der Waals surface area (Å²) in [5.41, 5.74) is 6.36. The van der Waals surface area contributed by atoms with Gasteiger partial charge in [-0.25, -0.2) is 0 Å². The van der Waals surface area contributed by atoms with Crippen LogP contribution < -0.4 is 5.73 Å². The van der Waals surface area contributed by atoms with E-state index in [0.717, 1.165) is 12.0 Å². The molecule has 0 aromatic carbocycles. The molecule has 2 aliphatic rings. The molecule has 0 radical (unpaired) electrons. The van der Waals surface area contributed by atoms with Gasteiger partial charge in [0.25, 0.3) is 0 Å². The van der Waals surface area contributed by atoms with Crippen molar-refractivity contribution < 1.29 is 0 Å². The third-order valence-corrected chi connectivity index (χ3v) is 4.56. The standard InChI is InChI=1S/C14H29N3/c1-11-6-7-13(15)14(9-11)17-8-4-5-12(17)10-16(2)3/h11-14H,4-10,15H2,1-3H3. The van der Waals surface area contributed by atoms with Crippen LogP contribution in [-0.2, 0) is 0 Å². The molecule has 0 bridgehead atoms. The van der Waals surface area contributed by atoms with Crippen molar-refractivity contribution in [1.82, 2.24) is 9.80 Å². The first-order valence-corrected chi connectivity index (χ1v) is 7.24. The Bertz CT molecular complexity index is 242. The average Bonchev–Trinajstić information content (AvgIpc) is 2.69. The lowest BCUT2D eigenvalue weighted by molar-refractivity contribution is 0.0917. The van der Waals surface area contributed by atoms with Crippen LogP contribution in [0, 0.1) is 5.92 Å². The molecule has 100 valence electrons. The highest BCUT2D eigenvalue weighted by Gasteiger charge is 2.36. The Morgan fingerprint density at radius 2 is 2.00 bits per heavy atom. The molecule has 17 heavy (non-hydrogen) atoms. The summed E-state index contributed by atoms with van der Waals surface area (Å²) < 4.78 is 0. The molecule has 0 aromatic heterocycles. The molecule has 0 amide bonds. The minimum Gasteiger partial charge on any atom is -0.326 e. The maximum atomic E-state index is 6.36. The van der Waals surface area contributed by atoms with Gasteiger partial charge in [0.1, 0.15) is 0 Å². The lowest BCUT2D eigenvalue weighted by atomic mass is 9.82. The second-order valence-electron chi connectivity index (χ2n) is 6.45. The molecule has 1 saturated heterocycles. The van der Waals surface area contributed by atoms with Crippen molar-refractivity contribution in [2.24, 2.45) is 11.7 Å². The zero-order valence-corrected chi connectivity index (χ0v) is 11.7. The van der Waals surface area contributed by atoms with Crippen LogP contribution in [0.3, 0.4) is 0 Å². The minimum absolute atomic E-state index is 0.411. The summed E-state index contributed by atoms with van der Waals surface area (Å²) in [6, 6.07) is 1.80. The summed E-state index contributed by atoms with van der Waals surface area (Å²) in [4.78, 5) is 5.04. The molecular formula is C14H29N3. The van der Waals surface area contributed by atoms with Gasteiger partial charge in [0, 0.05) is 24.7 Å². The van der Waals surface area contributed by atoms with Gasteiger partial charge in [-0.2, -0.15) is 0 Å². The van der Waals surface area contributed by atoms with Gasteiger partial charge in [-0.3, -0.25) is 4.90 Å². The molecule has 4 unspecified atom stereocenters. The molecule has 0 aromatic rings. The first-order valence-electron chi connectivity index (χ1n) is 7.24. The van der Waals surface area contributed by atoms with Crippen molar-refractivity contribution >= 4 is 0 Å². The van der Waals surface area contributed by atoms with Crippen molar-refractivity contribution in [1.29, 1.82) is 0 Å². The maximum absolute atomic E-state index is 6.36. The molecule has 2 N–H and O–H groups in total. The van der Waals surface area contributed by atoms with Gasteiger partial charge in [0.15, 0.2) is 0 Å². The Hall–Kier alpha value is -0.120. The van der Waals surface area contributed by atoms with Crippen molar-refractivity contribution in [3.63, 3.8) is 0 Å². The monoisotopic (exact) mass is 239 g/mol. The van der Waals surface area contributed by atoms with E-state index in [0.29, 0.717) is 12.1 Å². The molecule has 3 nitrogen and oxygen atoms in total. The van der Waals surface area contributed by atoms with E-state index in [9.17, 15) is 0 Å². The van der Waals surface area contributed by atoms with E-state index in [-0.39, 0.29) is 0 Å². The van der Waals surface area contributed by atoms with Gasteiger partial charge >= 0.3 is 0 Å². The molecule has 2 rings (SSSR count). The fourth-order valence-electron chi connectivity index (χ4n) is 3.67. The fourth-order valence-corrected chi connectivity index (χ4v) is 3.67. The highest BCUT2D eigenvalue weighted by molar-refractivity contribution is 4.94. The van der Waals surface area contributed by atoms with Crippen LogP contribution in [0.15, 0.2) is 0 Å². The third-order valence-electron chi connectivity index (χ3n) is 4.56. The summed E-state index contributed by atoms with van der Waals surface area (Å²) in [6.07, 6.45) is 6.57. The number of rotatable bonds is 3. The highest BCUT2D eigenvalue weighted by Crippen LogP contribution is 2.31. The lowest BCUT2D eigenvalue weighted by Gasteiger charge is -2.42. The average molecular weight is 239 g/mol. The Labute approximate surface area is 106 Å². The zero-order chi connectivity index (χ0) is 12.4. The molecule has 1 saturated carbocycles. The number of hydrogen-bond donors (Lipinski definition) is 1. The fraction of sp³-hybridized carbons (Fsp3) is 1.00. The SMILES string of the molecule is CC1CCC(N)C(N2CCCC2CN(C)C)C1. The van der Waals surface area contributed by atoms with Crippen LogP contribution in [0.2, 0.25) is 0 Å². The van der Waals surface area contributed by atoms with Crippen molar-refractivity contribution in [2.75, 3.05) is 27.2 Å². The maximum Gasteiger partial charge on any atom is 0.0253 e. The van der Waals surface area contributed by atoms with E-state index in [1.54, 1.807) is 0 Å². The summed E-state index contributed by atoms with van der Waals surface area (Å²) in [5.74, 6) is 0.861. The molecule has 1 heterocycles. The minimum atomic E-state index is 0.411. The second kappa shape index (κ2) is 5.68. The largest absolute Gasteiger partial charge is 0.326 e. The van der Waals surface area contributed by atoms with Crippen LogP contribution in [0.25, 0.3) is 0 Å². The molecule has 1 aliphatic heterocycles. The summed E-state index contributed by atoms with van der Waals surface area (Å²) in [7, 11) is 4.36. The summed E-state index contributed by atoms with van der Waals surface area (Å²) in [6.45, 7) is 4.84.